The lowest BCUT2D eigenvalue weighted by Crippen LogP contribution is -2.27. The van der Waals surface area contributed by atoms with Crippen molar-refractivity contribution in [3.8, 4) is 57.1 Å². The van der Waals surface area contributed by atoms with E-state index in [4.69, 9.17) is 25.5 Å². The van der Waals surface area contributed by atoms with Crippen molar-refractivity contribution >= 4 is 41.3 Å². The van der Waals surface area contributed by atoms with Crippen LogP contribution in [0.1, 0.15) is 74.0 Å². The number of ether oxygens (including phenoxy) is 4. The molecule has 4 atom stereocenters. The van der Waals surface area contributed by atoms with E-state index in [1.54, 1.807) is 116 Å². The Balaban J connectivity index is 0.000000219. The topological polar surface area (TPSA) is 248 Å². The van der Waals surface area contributed by atoms with Crippen molar-refractivity contribution in [3.63, 3.8) is 0 Å². The molecule has 0 bridgehead atoms. The molecule has 0 spiro atoms. The van der Waals surface area contributed by atoms with Gasteiger partial charge in [0.15, 0.2) is 43.0 Å². The van der Waals surface area contributed by atoms with Crippen LogP contribution in [0.3, 0.4) is 0 Å². The van der Waals surface area contributed by atoms with Crippen molar-refractivity contribution in [2.24, 2.45) is 0 Å². The van der Waals surface area contributed by atoms with Crippen molar-refractivity contribution in [1.82, 2.24) is 59.4 Å². The second kappa shape index (κ2) is 23.6. The van der Waals surface area contributed by atoms with E-state index in [-0.39, 0.29) is 17.4 Å². The van der Waals surface area contributed by atoms with Crippen LogP contribution in [0.2, 0.25) is 0 Å². The van der Waals surface area contributed by atoms with Gasteiger partial charge in [-0.25, -0.2) is 41.6 Å². The first kappa shape index (κ1) is 55.0. The normalized spacial score (nSPS) is 13.1. The number of nitrogens with zero attached hydrogens (tertiary/aromatic N) is 13. The molecular formula is C51H54BrN13O8S2. The van der Waals surface area contributed by atoms with E-state index in [1.807, 2.05) is 19.9 Å². The van der Waals surface area contributed by atoms with E-state index in [0.29, 0.717) is 74.5 Å². The van der Waals surface area contributed by atoms with Gasteiger partial charge in [-0.3, -0.25) is 19.1 Å². The Kier molecular flexibility index (Phi) is 17.3. The molecule has 0 aliphatic carbocycles. The maximum absolute atomic E-state index is 13.7. The number of hydrogen-bond acceptors (Lipinski definition) is 18. The van der Waals surface area contributed by atoms with Crippen molar-refractivity contribution < 1.29 is 35.8 Å². The van der Waals surface area contributed by atoms with Gasteiger partial charge in [-0.05, 0) is 91.1 Å². The summed E-state index contributed by atoms with van der Waals surface area (Å²) in [6, 6.07) is 14.0. The minimum Gasteiger partial charge on any atom is -0.494 e. The summed E-state index contributed by atoms with van der Waals surface area (Å²) < 4.78 is 81.1. The number of aryl methyl sites for hydroxylation is 2. The summed E-state index contributed by atoms with van der Waals surface area (Å²) in [5, 5.41) is 15.7. The fourth-order valence-electron chi connectivity index (χ4n) is 7.85. The molecule has 6 heterocycles. The molecule has 0 unspecified atom stereocenters. The van der Waals surface area contributed by atoms with E-state index in [0.717, 1.165) is 15.6 Å². The number of para-hydroxylation sites is 2. The predicted molar refractivity (Wildman–Crippen MR) is 284 cm³/mol. The average Bonchev–Trinajstić information content (AvgIpc) is 4.03. The van der Waals surface area contributed by atoms with Crippen LogP contribution in [0.25, 0.3) is 39.0 Å². The molecule has 24 heteroatoms. The standard InChI is InChI=1S/C26H27N7O4S.C25H27BrN6O4S/c1-16-11-29-25(30-12-16)17(2)18(3)38(34,35)15-23-31-32-26(19-10-20(27-4)14-28-13-19)33(23)24-21(36-5)8-7-9-22(24)37-6;1-15-10-28-24(29-11-15)16(2)17(3)37(33,34)14-22-30-31-25(18-9-19(26)13-27-12-18)32(22)23-20(35-4)7-6-8-21(23)36-5/h7-14,17-18H,15H2,1-3,5-6H3;6-13,16-17H,14H2,1-5H3/t17-,18-;16-,17-/m00/s1. The molecule has 21 nitrogen and oxygen atoms in total. The minimum atomic E-state index is -3.77. The highest BCUT2D eigenvalue weighted by atomic mass is 79.9. The summed E-state index contributed by atoms with van der Waals surface area (Å²) >= 11 is 3.44. The highest BCUT2D eigenvalue weighted by Crippen LogP contribution is 2.39. The summed E-state index contributed by atoms with van der Waals surface area (Å²) in [6.45, 7) is 18.0. The molecule has 0 fully saturated rings. The summed E-state index contributed by atoms with van der Waals surface area (Å²) in [5.41, 5.74) is 4.13. The lowest BCUT2D eigenvalue weighted by Gasteiger charge is -2.20. The summed E-state index contributed by atoms with van der Waals surface area (Å²) in [5.74, 6) is 2.05. The average molecular weight is 1120 g/mol. The van der Waals surface area contributed by atoms with Gasteiger partial charge in [-0.1, -0.05) is 26.0 Å². The van der Waals surface area contributed by atoms with Crippen LogP contribution in [0.4, 0.5) is 5.69 Å². The number of hydrogen-bond donors (Lipinski definition) is 0. The molecule has 8 aromatic rings. The Morgan fingerprint density at radius 3 is 1.29 bits per heavy atom. The smallest absolute Gasteiger partial charge is 0.205 e. The molecule has 0 N–H and O–H groups in total. The van der Waals surface area contributed by atoms with Crippen LogP contribution in [-0.2, 0) is 31.2 Å². The SMILES string of the molecule is COc1cccc(OC)c1-n1c(CS(=O)(=O)[C@@H](C)[C@H](C)c2ncc(C)cn2)nnc1-c1cncc(Br)c1.[C-]#[N+]c1cncc(-c2nnc(CS(=O)(=O)[C@@H](C)[C@H](C)c3ncc(C)cn3)n2-c2c(OC)cccc2OC)c1. The van der Waals surface area contributed by atoms with E-state index in [9.17, 15) is 16.8 Å². The Morgan fingerprint density at radius 1 is 0.560 bits per heavy atom. The first-order valence-corrected chi connectivity index (χ1v) is 27.3. The van der Waals surface area contributed by atoms with Crippen molar-refractivity contribution in [2.45, 2.75) is 75.4 Å². The van der Waals surface area contributed by atoms with Crippen molar-refractivity contribution in [2.75, 3.05) is 28.4 Å². The molecule has 0 radical (unpaired) electrons. The molecule has 0 aliphatic rings. The molecule has 0 saturated heterocycles. The second-order valence-corrected chi connectivity index (χ2v) is 23.0. The lowest BCUT2D eigenvalue weighted by molar-refractivity contribution is 0.390. The second-order valence-electron chi connectivity index (χ2n) is 17.3. The number of methoxy groups -OCH3 is 4. The number of halogens is 1. The zero-order chi connectivity index (χ0) is 54.2. The fraction of sp³-hybridized carbons (Fsp3) is 0.314. The zero-order valence-electron chi connectivity index (χ0n) is 42.7. The summed E-state index contributed by atoms with van der Waals surface area (Å²) in [4.78, 5) is 29.1. The van der Waals surface area contributed by atoms with Gasteiger partial charge in [-0.2, -0.15) is 0 Å². The largest absolute Gasteiger partial charge is 0.494 e. The third-order valence-corrected chi connectivity index (χ3v) is 17.2. The Bertz CT molecular complexity index is 3530. The van der Waals surface area contributed by atoms with E-state index >= 15 is 0 Å². The molecule has 8 rings (SSSR count). The molecule has 0 aliphatic heterocycles. The van der Waals surface area contributed by atoms with Crippen LogP contribution in [0, 0.1) is 20.4 Å². The van der Waals surface area contributed by atoms with Crippen molar-refractivity contribution in [1.29, 1.82) is 0 Å². The van der Waals surface area contributed by atoms with E-state index in [1.165, 1.54) is 40.8 Å². The van der Waals surface area contributed by atoms with Gasteiger partial charge in [0, 0.05) is 77.0 Å². The van der Waals surface area contributed by atoms with Gasteiger partial charge < -0.3 is 18.9 Å². The molecule has 0 saturated carbocycles. The van der Waals surface area contributed by atoms with Gasteiger partial charge in [0.2, 0.25) is 5.69 Å². The van der Waals surface area contributed by atoms with Gasteiger partial charge in [0.05, 0.1) is 45.5 Å². The fourth-order valence-corrected chi connectivity index (χ4v) is 11.3. The summed E-state index contributed by atoms with van der Waals surface area (Å²) in [6.07, 6.45) is 12.9. The van der Waals surface area contributed by atoms with Crippen LogP contribution < -0.4 is 18.9 Å². The Labute approximate surface area is 443 Å². The Morgan fingerprint density at radius 2 is 0.933 bits per heavy atom. The molecule has 6 aromatic heterocycles. The zero-order valence-corrected chi connectivity index (χ0v) is 46.0. The first-order chi connectivity index (χ1) is 35.9. The maximum Gasteiger partial charge on any atom is 0.205 e. The van der Waals surface area contributed by atoms with Gasteiger partial charge in [0.1, 0.15) is 57.5 Å². The lowest BCUT2D eigenvalue weighted by atomic mass is 10.1. The van der Waals surface area contributed by atoms with Crippen molar-refractivity contribution in [3.05, 3.63) is 148 Å². The number of rotatable bonds is 18. The molecule has 390 valence electrons. The van der Waals surface area contributed by atoms with Gasteiger partial charge >= 0.3 is 0 Å². The third-order valence-electron chi connectivity index (χ3n) is 12.4. The maximum atomic E-state index is 13.7. The summed E-state index contributed by atoms with van der Waals surface area (Å²) in [7, 11) is -1.42. The van der Waals surface area contributed by atoms with Crippen LogP contribution in [0.15, 0.2) is 103 Å². The third kappa shape index (κ3) is 12.1. The number of pyridine rings is 2. The van der Waals surface area contributed by atoms with E-state index in [2.05, 4.69) is 71.1 Å². The number of aromatic nitrogens is 12. The molecule has 2 aromatic carbocycles. The Hall–Kier alpha value is -7.75. The van der Waals surface area contributed by atoms with Gasteiger partial charge in [-0.15, -0.1) is 20.4 Å². The van der Waals surface area contributed by atoms with Crippen LogP contribution in [-0.4, -0.2) is 115 Å². The molecule has 0 amide bonds. The first-order valence-electron chi connectivity index (χ1n) is 23.1. The van der Waals surface area contributed by atoms with Crippen LogP contribution in [0.5, 0.6) is 23.0 Å². The predicted octanol–water partition coefficient (Wildman–Crippen LogP) is 8.42. The highest BCUT2D eigenvalue weighted by molar-refractivity contribution is 9.10. The minimum absolute atomic E-state index is 0.153. The molecular weight excluding hydrogens is 1070 g/mol. The monoisotopic (exact) mass is 1120 g/mol. The quantitative estimate of drug-likeness (QED) is 0.0731. The molecule has 75 heavy (non-hydrogen) atoms. The highest BCUT2D eigenvalue weighted by Gasteiger charge is 2.35. The van der Waals surface area contributed by atoms with E-state index < -0.39 is 47.8 Å². The number of benzene rings is 2. The van der Waals surface area contributed by atoms with Gasteiger partial charge in [0.25, 0.3) is 0 Å². The number of sulfone groups is 2. The van der Waals surface area contributed by atoms with Crippen LogP contribution >= 0.6 is 15.9 Å².